The lowest BCUT2D eigenvalue weighted by atomic mass is 10.1. The third-order valence-electron chi connectivity index (χ3n) is 5.24. The van der Waals surface area contributed by atoms with E-state index in [-0.39, 0.29) is 5.69 Å². The van der Waals surface area contributed by atoms with Crippen LogP contribution in [0.1, 0.15) is 11.3 Å². The Morgan fingerprint density at radius 3 is 2.54 bits per heavy atom. The van der Waals surface area contributed by atoms with Crippen LogP contribution in [-0.2, 0) is 12.7 Å². The highest BCUT2D eigenvalue weighted by Gasteiger charge is 2.34. The highest BCUT2D eigenvalue weighted by Crippen LogP contribution is 2.38. The summed E-state index contributed by atoms with van der Waals surface area (Å²) in [6.45, 7) is 0.320. The Balaban J connectivity index is 1.33. The van der Waals surface area contributed by atoms with Gasteiger partial charge in [0.25, 0.3) is 0 Å². The van der Waals surface area contributed by atoms with E-state index >= 15 is 0 Å². The van der Waals surface area contributed by atoms with Crippen molar-refractivity contribution in [3.63, 3.8) is 0 Å². The van der Waals surface area contributed by atoms with Crippen molar-refractivity contribution in [2.75, 3.05) is 10.6 Å². The molecule has 2 aromatic carbocycles. The van der Waals surface area contributed by atoms with Crippen molar-refractivity contribution < 1.29 is 13.2 Å². The van der Waals surface area contributed by atoms with Crippen LogP contribution in [0, 0.1) is 0 Å². The van der Waals surface area contributed by atoms with E-state index in [1.54, 1.807) is 36.9 Å². The molecule has 0 unspecified atom stereocenters. The van der Waals surface area contributed by atoms with Crippen LogP contribution in [0.5, 0.6) is 0 Å². The second kappa shape index (κ2) is 9.59. The molecule has 0 aliphatic carbocycles. The average Bonchev–Trinajstić information content (AvgIpc) is 3.56. The van der Waals surface area contributed by atoms with E-state index in [9.17, 15) is 13.2 Å². The van der Waals surface area contributed by atoms with Gasteiger partial charge < -0.3 is 15.2 Å². The molecule has 0 spiro atoms. The number of thiazole rings is 1. The van der Waals surface area contributed by atoms with E-state index in [0.717, 1.165) is 23.0 Å². The summed E-state index contributed by atoms with van der Waals surface area (Å²) >= 11 is 1.24. The molecule has 3 aromatic heterocycles. The lowest BCUT2D eigenvalue weighted by Gasteiger charge is -2.15. The number of benzene rings is 2. The number of rotatable bonds is 7. The molecule has 0 saturated carbocycles. The Bertz CT molecular complexity index is 1400. The number of imidazole rings is 1. The molecule has 0 bridgehead atoms. The van der Waals surface area contributed by atoms with E-state index in [0.29, 0.717) is 23.1 Å². The molecule has 0 fully saturated rings. The minimum atomic E-state index is -4.53. The van der Waals surface area contributed by atoms with Gasteiger partial charge in [-0.15, -0.1) is 11.3 Å². The molecular weight excluding hydrogens is 473 g/mol. The first-order valence-electron chi connectivity index (χ1n) is 10.6. The number of nitrogens with zero attached hydrogens (tertiary/aromatic N) is 4. The van der Waals surface area contributed by atoms with Gasteiger partial charge in [-0.05, 0) is 42.5 Å². The zero-order valence-electron chi connectivity index (χ0n) is 18.2. The molecule has 6 nitrogen and oxygen atoms in total. The van der Waals surface area contributed by atoms with Gasteiger partial charge in [0.05, 0.1) is 35.5 Å². The van der Waals surface area contributed by atoms with Crippen molar-refractivity contribution >= 4 is 27.8 Å². The van der Waals surface area contributed by atoms with Crippen molar-refractivity contribution in [1.29, 1.82) is 0 Å². The van der Waals surface area contributed by atoms with Crippen molar-refractivity contribution in [1.82, 2.24) is 19.5 Å². The van der Waals surface area contributed by atoms with E-state index in [4.69, 9.17) is 0 Å². The Morgan fingerprint density at radius 2 is 1.83 bits per heavy atom. The normalized spacial score (nSPS) is 11.4. The minimum absolute atomic E-state index is 0.0581. The minimum Gasteiger partial charge on any atom is -0.379 e. The zero-order chi connectivity index (χ0) is 24.3. The fraction of sp³-hybridized carbons (Fsp3) is 0.0800. The summed E-state index contributed by atoms with van der Waals surface area (Å²) in [6, 6.07) is 17.2. The number of halogens is 3. The quantitative estimate of drug-likeness (QED) is 0.263. The number of aromatic nitrogens is 4. The van der Waals surface area contributed by atoms with Gasteiger partial charge in [-0.1, -0.05) is 18.2 Å². The Kier molecular flexibility index (Phi) is 6.19. The first-order valence-corrected chi connectivity index (χ1v) is 11.5. The zero-order valence-corrected chi connectivity index (χ0v) is 19.0. The third kappa shape index (κ3) is 5.33. The summed E-state index contributed by atoms with van der Waals surface area (Å²) < 4.78 is 43.3. The van der Waals surface area contributed by atoms with Crippen LogP contribution >= 0.6 is 11.3 Å². The monoisotopic (exact) mass is 492 g/mol. The molecule has 0 saturated heterocycles. The van der Waals surface area contributed by atoms with Crippen molar-refractivity contribution in [2.24, 2.45) is 0 Å². The standard InChI is InChI=1S/C25H19F3N6S/c26-25(27,28)21-13-18(31-14-19-3-1-2-10-30-19)6-9-22(21)32-24-33-23(15-35-24)17-4-7-20(8-5-17)34-12-11-29-16-34/h1-13,15-16,31H,14H2,(H,32,33). The number of hydrogen-bond acceptors (Lipinski definition) is 6. The van der Waals surface area contributed by atoms with Crippen LogP contribution in [-0.4, -0.2) is 19.5 Å². The van der Waals surface area contributed by atoms with Crippen LogP contribution < -0.4 is 10.6 Å². The van der Waals surface area contributed by atoms with Crippen LogP contribution in [0.3, 0.4) is 0 Å². The van der Waals surface area contributed by atoms with Gasteiger partial charge in [0, 0.05) is 40.9 Å². The maximum Gasteiger partial charge on any atom is 0.418 e. The molecule has 0 aliphatic rings. The van der Waals surface area contributed by atoms with Crippen molar-refractivity contribution in [2.45, 2.75) is 12.7 Å². The Hall–Kier alpha value is -4.18. The fourth-order valence-corrected chi connectivity index (χ4v) is 4.22. The van der Waals surface area contributed by atoms with Gasteiger partial charge in [0.1, 0.15) is 0 Å². The molecule has 5 rings (SSSR count). The summed E-state index contributed by atoms with van der Waals surface area (Å²) in [5.74, 6) is 0. The maximum absolute atomic E-state index is 13.8. The molecular formula is C25H19F3N6S. The molecule has 3 heterocycles. The smallest absolute Gasteiger partial charge is 0.379 e. The summed E-state index contributed by atoms with van der Waals surface area (Å²) in [7, 11) is 0. The maximum atomic E-state index is 13.8. The highest BCUT2D eigenvalue weighted by molar-refractivity contribution is 7.14. The molecule has 0 radical (unpaired) electrons. The first kappa shape index (κ1) is 22.6. The number of hydrogen-bond donors (Lipinski definition) is 2. The summed E-state index contributed by atoms with van der Waals surface area (Å²) in [5, 5.41) is 8.02. The Morgan fingerprint density at radius 1 is 0.971 bits per heavy atom. The van der Waals surface area contributed by atoms with Gasteiger partial charge in [-0.3, -0.25) is 4.98 Å². The molecule has 0 aliphatic heterocycles. The van der Waals surface area contributed by atoms with E-state index < -0.39 is 11.7 Å². The average molecular weight is 493 g/mol. The summed E-state index contributed by atoms with van der Waals surface area (Å²) in [6.07, 6.45) is 2.36. The number of nitrogens with one attached hydrogen (secondary N) is 2. The van der Waals surface area contributed by atoms with E-state index in [1.165, 1.54) is 17.4 Å². The lowest BCUT2D eigenvalue weighted by molar-refractivity contribution is -0.136. The number of anilines is 3. The van der Waals surface area contributed by atoms with Crippen LogP contribution in [0.2, 0.25) is 0 Å². The first-order chi connectivity index (χ1) is 17.0. The molecule has 0 atom stereocenters. The van der Waals surface area contributed by atoms with Crippen LogP contribution in [0.15, 0.2) is 91.0 Å². The molecule has 5 aromatic rings. The number of alkyl halides is 3. The lowest BCUT2D eigenvalue weighted by Crippen LogP contribution is -2.10. The second-order valence-electron chi connectivity index (χ2n) is 7.61. The molecule has 2 N–H and O–H groups in total. The molecule has 176 valence electrons. The topological polar surface area (TPSA) is 67.7 Å². The van der Waals surface area contributed by atoms with Crippen LogP contribution in [0.4, 0.5) is 29.7 Å². The van der Waals surface area contributed by atoms with Crippen molar-refractivity contribution in [3.05, 3.63) is 102 Å². The van der Waals surface area contributed by atoms with E-state index in [1.807, 2.05) is 46.5 Å². The summed E-state index contributed by atoms with van der Waals surface area (Å²) in [5.41, 5.74) is 2.75. The van der Waals surface area contributed by atoms with Gasteiger partial charge in [0.2, 0.25) is 0 Å². The molecule has 35 heavy (non-hydrogen) atoms. The summed E-state index contributed by atoms with van der Waals surface area (Å²) in [4.78, 5) is 12.7. The Labute approximate surface area is 203 Å². The highest BCUT2D eigenvalue weighted by atomic mass is 32.1. The van der Waals surface area contributed by atoms with Gasteiger partial charge >= 0.3 is 6.18 Å². The van der Waals surface area contributed by atoms with Gasteiger partial charge in [-0.2, -0.15) is 13.2 Å². The van der Waals surface area contributed by atoms with E-state index in [2.05, 4.69) is 25.6 Å². The van der Waals surface area contributed by atoms with Gasteiger partial charge in [0.15, 0.2) is 5.13 Å². The fourth-order valence-electron chi connectivity index (χ4n) is 3.49. The predicted molar refractivity (Wildman–Crippen MR) is 131 cm³/mol. The van der Waals surface area contributed by atoms with Crippen LogP contribution in [0.25, 0.3) is 16.9 Å². The largest absolute Gasteiger partial charge is 0.418 e. The molecule has 0 amide bonds. The van der Waals surface area contributed by atoms with Gasteiger partial charge in [-0.25, -0.2) is 9.97 Å². The number of pyridine rings is 1. The molecule has 10 heteroatoms. The SMILES string of the molecule is FC(F)(F)c1cc(NCc2ccccn2)ccc1Nc1nc(-c2ccc(-n3ccnc3)cc2)cs1. The predicted octanol–water partition coefficient (Wildman–Crippen LogP) is 6.77. The second-order valence-corrected chi connectivity index (χ2v) is 8.47. The third-order valence-corrected chi connectivity index (χ3v) is 5.99. The van der Waals surface area contributed by atoms with Crippen molar-refractivity contribution in [3.8, 4) is 16.9 Å².